The molecule has 5 aromatic carbocycles. The number of thioether (sulfide) groups is 1. The van der Waals surface area contributed by atoms with Crippen LogP contribution in [0.4, 0.5) is 22.7 Å². The molecular formula is C54H65ClN6O5S3. The predicted molar refractivity (Wildman–Crippen MR) is 287 cm³/mol. The average molecular weight is 1010 g/mol. The molecule has 0 spiro atoms. The van der Waals surface area contributed by atoms with E-state index in [2.05, 4.69) is 65.7 Å². The maximum absolute atomic E-state index is 14.1. The summed E-state index contributed by atoms with van der Waals surface area (Å²) < 4.78 is 60.6. The van der Waals surface area contributed by atoms with E-state index in [4.69, 9.17) is 11.6 Å². The third kappa shape index (κ3) is 11.8. The standard InChI is InChI=1S/C54H65ClN6O5S3/c1-6-61-40(5)54(68(63,64)38(2)3)52(53(61)41-15-17-43(55)18-16-41)42-11-10-12-47(36-42)60-33-31-59(32-34-60)46-21-19-44(20-22-46)57-69(65,66)50-23-24-51(39(4)35-50)56-45(37-67-49-13-8-7-9-14-49)25-28-58-29-26-48(62)27-30-58/h7-24,35-36,38,45,48,56-57,62H,6,25-34,37H2,1-5H3/t45-/m1/s1. The first-order chi connectivity index (χ1) is 33.1. The van der Waals surface area contributed by atoms with Gasteiger partial charge in [-0.15, -0.1) is 11.8 Å². The van der Waals surface area contributed by atoms with Crippen molar-refractivity contribution in [3.8, 4) is 22.4 Å². The Kier molecular flexibility index (Phi) is 16.1. The number of aryl methyl sites for hydroxylation is 1. The highest BCUT2D eigenvalue weighted by molar-refractivity contribution is 7.99. The van der Waals surface area contributed by atoms with Gasteiger partial charge in [-0.05, 0) is 149 Å². The number of halogens is 1. The highest BCUT2D eigenvalue weighted by Gasteiger charge is 2.33. The van der Waals surface area contributed by atoms with Crippen molar-refractivity contribution in [2.45, 2.75) is 92.5 Å². The van der Waals surface area contributed by atoms with Crippen molar-refractivity contribution >= 4 is 66.0 Å². The summed E-state index contributed by atoms with van der Waals surface area (Å²) in [5.74, 6) is 0.859. The van der Waals surface area contributed by atoms with E-state index in [1.54, 1.807) is 26.0 Å². The molecule has 2 aliphatic heterocycles. The third-order valence-electron chi connectivity index (χ3n) is 13.5. The number of likely N-dealkylation sites (tertiary alicyclic amines) is 1. The summed E-state index contributed by atoms with van der Waals surface area (Å²) in [6.45, 7) is 15.7. The number of anilines is 4. The molecule has 8 rings (SSSR count). The van der Waals surface area contributed by atoms with E-state index in [1.165, 1.54) is 4.90 Å². The molecular weight excluding hydrogens is 944 g/mol. The smallest absolute Gasteiger partial charge is 0.261 e. The maximum atomic E-state index is 14.1. The van der Waals surface area contributed by atoms with Gasteiger partial charge in [0, 0.05) is 108 Å². The Morgan fingerprint density at radius 3 is 2.06 bits per heavy atom. The van der Waals surface area contributed by atoms with E-state index in [0.29, 0.717) is 27.7 Å². The van der Waals surface area contributed by atoms with Gasteiger partial charge in [-0.1, -0.05) is 54.1 Å². The lowest BCUT2D eigenvalue weighted by Crippen LogP contribution is -2.46. The highest BCUT2D eigenvalue weighted by atomic mass is 35.5. The Hall–Kier alpha value is -4.96. The Balaban J connectivity index is 0.919. The van der Waals surface area contributed by atoms with E-state index >= 15 is 0 Å². The quantitative estimate of drug-likeness (QED) is 0.0716. The van der Waals surface area contributed by atoms with Crippen LogP contribution in [0.3, 0.4) is 0 Å². The SMILES string of the molecule is CCn1c(C)c(S(=O)(=O)C(C)C)c(-c2cccc(N3CCN(c4ccc(NS(=O)(=O)c5ccc(N[C@H](CCN6CCC(O)CC6)CSc6ccccc6)c(C)c5)cc4)CC3)c2)c1-c1ccc(Cl)cc1. The van der Waals surface area contributed by atoms with Crippen molar-refractivity contribution in [1.82, 2.24) is 9.47 Å². The van der Waals surface area contributed by atoms with E-state index in [1.807, 2.05) is 105 Å². The van der Waals surface area contributed by atoms with Gasteiger partial charge in [-0.25, -0.2) is 16.8 Å². The van der Waals surface area contributed by atoms with Crippen LogP contribution in [0, 0.1) is 13.8 Å². The monoisotopic (exact) mass is 1010 g/mol. The van der Waals surface area contributed by atoms with Gasteiger partial charge >= 0.3 is 0 Å². The molecule has 0 saturated carbocycles. The molecule has 0 unspecified atom stereocenters. The van der Waals surface area contributed by atoms with Crippen LogP contribution in [-0.4, -0.2) is 100 Å². The van der Waals surface area contributed by atoms with Crippen LogP contribution in [-0.2, 0) is 26.4 Å². The molecule has 15 heteroatoms. The van der Waals surface area contributed by atoms with Gasteiger partial charge in [0.1, 0.15) is 0 Å². The summed E-state index contributed by atoms with van der Waals surface area (Å²) >= 11 is 8.11. The zero-order chi connectivity index (χ0) is 48.9. The number of aliphatic hydroxyl groups excluding tert-OH is 1. The Labute approximate surface area is 418 Å². The second-order valence-electron chi connectivity index (χ2n) is 18.5. The molecule has 1 aromatic heterocycles. The van der Waals surface area contributed by atoms with Crippen molar-refractivity contribution in [1.29, 1.82) is 0 Å². The molecule has 0 amide bonds. The van der Waals surface area contributed by atoms with Crippen molar-refractivity contribution in [3.05, 3.63) is 138 Å². The van der Waals surface area contributed by atoms with E-state index in [-0.39, 0.29) is 17.0 Å². The number of nitrogens with zero attached hydrogens (tertiary/aromatic N) is 4. The number of nitrogens with one attached hydrogen (secondary N) is 2. The summed E-state index contributed by atoms with van der Waals surface area (Å²) in [4.78, 5) is 8.84. The normalized spacial score (nSPS) is 15.7. The van der Waals surface area contributed by atoms with Crippen LogP contribution in [0.15, 0.2) is 136 Å². The lowest BCUT2D eigenvalue weighted by Gasteiger charge is -2.37. The number of aliphatic hydroxyl groups is 1. The number of aromatic nitrogens is 1. The van der Waals surface area contributed by atoms with Crippen molar-refractivity contribution < 1.29 is 21.9 Å². The molecule has 0 radical (unpaired) electrons. The van der Waals surface area contributed by atoms with Crippen LogP contribution in [0.2, 0.25) is 5.02 Å². The van der Waals surface area contributed by atoms with Crippen LogP contribution < -0.4 is 19.8 Å². The number of rotatable bonds is 18. The molecule has 2 aliphatic rings. The minimum Gasteiger partial charge on any atom is -0.393 e. The Morgan fingerprint density at radius 1 is 0.754 bits per heavy atom. The van der Waals surface area contributed by atoms with Gasteiger partial charge in [-0.3, -0.25) is 4.72 Å². The van der Waals surface area contributed by atoms with Crippen LogP contribution in [0.1, 0.15) is 51.3 Å². The minimum absolute atomic E-state index is 0.156. The van der Waals surface area contributed by atoms with Gasteiger partial charge in [-0.2, -0.15) is 0 Å². The van der Waals surface area contributed by atoms with Gasteiger partial charge in [0.25, 0.3) is 10.0 Å². The molecule has 366 valence electrons. The van der Waals surface area contributed by atoms with E-state index in [9.17, 15) is 21.9 Å². The topological polar surface area (TPSA) is 127 Å². The highest BCUT2D eigenvalue weighted by Crippen LogP contribution is 2.44. The zero-order valence-corrected chi connectivity index (χ0v) is 43.4. The fraction of sp³-hybridized carbons (Fsp3) is 0.370. The van der Waals surface area contributed by atoms with Crippen molar-refractivity contribution in [2.75, 3.05) is 71.4 Å². The molecule has 2 fully saturated rings. The Bertz CT molecular complexity index is 2920. The van der Waals surface area contributed by atoms with Gasteiger partial charge in [0.15, 0.2) is 9.84 Å². The molecule has 0 bridgehead atoms. The van der Waals surface area contributed by atoms with Crippen LogP contribution in [0.25, 0.3) is 22.4 Å². The van der Waals surface area contributed by atoms with E-state index in [0.717, 1.165) is 116 Å². The number of piperazine rings is 1. The summed E-state index contributed by atoms with van der Waals surface area (Å²) in [6.07, 6.45) is 2.34. The lowest BCUT2D eigenvalue weighted by molar-refractivity contribution is 0.0817. The number of piperidine rings is 1. The largest absolute Gasteiger partial charge is 0.393 e. The summed E-state index contributed by atoms with van der Waals surface area (Å²) in [7, 11) is -7.52. The molecule has 11 nitrogen and oxygen atoms in total. The molecule has 0 aliphatic carbocycles. The summed E-state index contributed by atoms with van der Waals surface area (Å²) in [5.41, 5.74) is 8.32. The molecule has 3 N–H and O–H groups in total. The fourth-order valence-electron chi connectivity index (χ4n) is 9.48. The first-order valence-electron chi connectivity index (χ1n) is 24.0. The molecule has 2 saturated heterocycles. The first-order valence-corrected chi connectivity index (χ1v) is 28.4. The van der Waals surface area contributed by atoms with Gasteiger partial charge in [0.2, 0.25) is 0 Å². The molecule has 69 heavy (non-hydrogen) atoms. The molecule has 1 atom stereocenters. The van der Waals surface area contributed by atoms with Crippen LogP contribution in [0.5, 0.6) is 0 Å². The average Bonchev–Trinajstić information content (AvgIpc) is 3.66. The number of benzene rings is 5. The summed E-state index contributed by atoms with van der Waals surface area (Å²) in [5, 5.41) is 13.7. The van der Waals surface area contributed by atoms with E-state index < -0.39 is 25.1 Å². The first kappa shape index (κ1) is 50.4. The molecule has 6 aromatic rings. The predicted octanol–water partition coefficient (Wildman–Crippen LogP) is 10.8. The maximum Gasteiger partial charge on any atom is 0.261 e. The Morgan fingerprint density at radius 2 is 1.42 bits per heavy atom. The number of hydrogen-bond donors (Lipinski definition) is 3. The fourth-order valence-corrected chi connectivity index (χ4v) is 13.2. The van der Waals surface area contributed by atoms with Gasteiger partial charge < -0.3 is 29.7 Å². The number of hydrogen-bond acceptors (Lipinski definition) is 10. The van der Waals surface area contributed by atoms with Crippen LogP contribution >= 0.6 is 23.4 Å². The second-order valence-corrected chi connectivity index (χ2v) is 24.1. The number of sulfonamides is 1. The third-order valence-corrected chi connectivity index (χ3v) is 18.6. The van der Waals surface area contributed by atoms with Crippen molar-refractivity contribution in [2.24, 2.45) is 0 Å². The van der Waals surface area contributed by atoms with Gasteiger partial charge in [0.05, 0.1) is 26.8 Å². The zero-order valence-electron chi connectivity index (χ0n) is 40.2. The second kappa shape index (κ2) is 22.0. The minimum atomic E-state index is -3.86. The molecule has 3 heterocycles. The van der Waals surface area contributed by atoms with Crippen molar-refractivity contribution in [3.63, 3.8) is 0 Å². The summed E-state index contributed by atoms with van der Waals surface area (Å²) in [6, 6.07) is 39.2. The number of sulfone groups is 1. The lowest BCUT2D eigenvalue weighted by atomic mass is 10.00.